The van der Waals surface area contributed by atoms with Gasteiger partial charge in [0.15, 0.2) is 0 Å². The van der Waals surface area contributed by atoms with Crippen molar-refractivity contribution in [1.82, 2.24) is 14.4 Å². The van der Waals surface area contributed by atoms with Crippen molar-refractivity contribution in [2.75, 3.05) is 5.73 Å². The molecule has 0 atom stereocenters. The lowest BCUT2D eigenvalue weighted by molar-refractivity contribution is 1.11. The molecule has 0 aliphatic rings. The van der Waals surface area contributed by atoms with Crippen molar-refractivity contribution in [3.63, 3.8) is 0 Å². The molecule has 0 fully saturated rings. The number of benzene rings is 1. The van der Waals surface area contributed by atoms with Gasteiger partial charge in [-0.1, -0.05) is 17.7 Å². The number of fused-ring (bicyclic) bond motifs is 1. The summed E-state index contributed by atoms with van der Waals surface area (Å²) in [6.45, 7) is 0. The van der Waals surface area contributed by atoms with Crippen LogP contribution in [0.25, 0.3) is 5.78 Å². The molecule has 0 bridgehead atoms. The predicted octanol–water partition coefficient (Wildman–Crippen LogP) is 3.26. The van der Waals surface area contributed by atoms with E-state index in [4.69, 9.17) is 17.3 Å². The summed E-state index contributed by atoms with van der Waals surface area (Å²) in [5.74, 6) is 1.40. The lowest BCUT2D eigenvalue weighted by Gasteiger charge is -2.05. The molecule has 2 aromatic heterocycles. The summed E-state index contributed by atoms with van der Waals surface area (Å²) in [4.78, 5) is 9.52. The number of nitrogen functional groups attached to an aromatic ring is 1. The Morgan fingerprint density at radius 2 is 2.21 bits per heavy atom. The number of rotatable bonds is 3. The Morgan fingerprint density at radius 1 is 1.32 bits per heavy atom. The van der Waals surface area contributed by atoms with E-state index in [0.29, 0.717) is 22.2 Å². The summed E-state index contributed by atoms with van der Waals surface area (Å²) < 4.78 is 1.89. The maximum atomic E-state index is 6.14. The molecule has 2 N–H and O–H groups in total. The fourth-order valence-electron chi connectivity index (χ4n) is 1.77. The molecule has 2 heterocycles. The zero-order valence-corrected chi connectivity index (χ0v) is 11.5. The van der Waals surface area contributed by atoms with Crippen molar-refractivity contribution in [1.29, 1.82) is 0 Å². The maximum absolute atomic E-state index is 6.14. The van der Waals surface area contributed by atoms with Gasteiger partial charge in [0, 0.05) is 34.9 Å². The Balaban J connectivity index is 1.82. The number of thioether (sulfide) groups is 1. The molecular formula is C13H11ClN4S. The van der Waals surface area contributed by atoms with E-state index in [1.165, 1.54) is 0 Å². The Kier molecular flexibility index (Phi) is 3.31. The summed E-state index contributed by atoms with van der Waals surface area (Å²) in [5.41, 5.74) is 7.56. The largest absolute Gasteiger partial charge is 0.398 e. The molecule has 0 aliphatic heterocycles. The van der Waals surface area contributed by atoms with Crippen LogP contribution in [0.1, 0.15) is 5.69 Å². The number of imidazole rings is 1. The molecule has 96 valence electrons. The first kappa shape index (κ1) is 12.3. The molecule has 3 rings (SSSR count). The molecule has 0 spiro atoms. The van der Waals surface area contributed by atoms with E-state index in [9.17, 15) is 0 Å². The second-order valence-corrected chi connectivity index (χ2v) is 5.40. The molecule has 0 radical (unpaired) electrons. The van der Waals surface area contributed by atoms with Gasteiger partial charge in [0.2, 0.25) is 5.78 Å². The Bertz CT molecular complexity index is 672. The summed E-state index contributed by atoms with van der Waals surface area (Å²) >= 11 is 7.72. The third kappa shape index (κ3) is 2.52. The number of anilines is 1. The first-order chi connectivity index (χ1) is 9.24. The Labute approximate surface area is 119 Å². The second kappa shape index (κ2) is 5.11. The van der Waals surface area contributed by atoms with E-state index in [1.807, 2.05) is 41.1 Å². The second-order valence-electron chi connectivity index (χ2n) is 4.01. The normalized spacial score (nSPS) is 11.0. The summed E-state index contributed by atoms with van der Waals surface area (Å²) in [7, 11) is 0. The van der Waals surface area contributed by atoms with E-state index < -0.39 is 0 Å². The third-order valence-corrected chi connectivity index (χ3v) is 4.26. The van der Waals surface area contributed by atoms with E-state index in [1.54, 1.807) is 18.0 Å². The highest BCUT2D eigenvalue weighted by Crippen LogP contribution is 2.34. The highest BCUT2D eigenvalue weighted by atomic mass is 35.5. The molecule has 0 amide bonds. The fraction of sp³-hybridized carbons (Fsp3) is 0.0769. The topological polar surface area (TPSA) is 56.2 Å². The van der Waals surface area contributed by atoms with Gasteiger partial charge in [-0.3, -0.25) is 4.40 Å². The standard InChI is InChI=1S/C13H11ClN4S/c14-10-3-1-4-11(15)12(10)19-8-9-7-18-6-2-5-16-13(18)17-9/h1-7H,8,15H2. The number of halogens is 1. The maximum Gasteiger partial charge on any atom is 0.233 e. The van der Waals surface area contributed by atoms with E-state index >= 15 is 0 Å². The zero-order valence-electron chi connectivity index (χ0n) is 9.95. The van der Waals surface area contributed by atoms with Gasteiger partial charge in [0.1, 0.15) is 0 Å². The van der Waals surface area contributed by atoms with Crippen LogP contribution < -0.4 is 5.73 Å². The van der Waals surface area contributed by atoms with Gasteiger partial charge in [0.05, 0.1) is 10.7 Å². The van der Waals surface area contributed by atoms with Gasteiger partial charge in [-0.15, -0.1) is 11.8 Å². The van der Waals surface area contributed by atoms with E-state index in [2.05, 4.69) is 9.97 Å². The van der Waals surface area contributed by atoms with Crippen LogP contribution in [0.3, 0.4) is 0 Å². The van der Waals surface area contributed by atoms with Crippen LogP contribution >= 0.6 is 23.4 Å². The number of nitrogens with two attached hydrogens (primary N) is 1. The van der Waals surface area contributed by atoms with Crippen LogP contribution in [0.4, 0.5) is 5.69 Å². The smallest absolute Gasteiger partial charge is 0.233 e. The van der Waals surface area contributed by atoms with Crippen LogP contribution in [0.5, 0.6) is 0 Å². The third-order valence-electron chi connectivity index (χ3n) is 2.65. The van der Waals surface area contributed by atoms with Crippen molar-refractivity contribution in [2.24, 2.45) is 0 Å². The van der Waals surface area contributed by atoms with E-state index in [0.717, 1.165) is 10.6 Å². The van der Waals surface area contributed by atoms with Gasteiger partial charge < -0.3 is 5.73 Å². The lowest BCUT2D eigenvalue weighted by Crippen LogP contribution is -1.89. The Morgan fingerprint density at radius 3 is 3.00 bits per heavy atom. The average molecular weight is 291 g/mol. The van der Waals surface area contributed by atoms with Crippen LogP contribution in [-0.2, 0) is 5.75 Å². The Hall–Kier alpha value is -1.72. The number of hydrogen-bond donors (Lipinski definition) is 1. The molecule has 0 aliphatic carbocycles. The minimum atomic E-state index is 0.673. The highest BCUT2D eigenvalue weighted by Gasteiger charge is 2.07. The van der Waals surface area contributed by atoms with Gasteiger partial charge in [-0.25, -0.2) is 9.97 Å². The van der Waals surface area contributed by atoms with Gasteiger partial charge in [-0.05, 0) is 18.2 Å². The fourth-order valence-corrected chi connectivity index (χ4v) is 2.99. The van der Waals surface area contributed by atoms with Crippen LogP contribution in [0.15, 0.2) is 47.8 Å². The number of aromatic nitrogens is 3. The highest BCUT2D eigenvalue weighted by molar-refractivity contribution is 7.98. The molecular weight excluding hydrogens is 280 g/mol. The van der Waals surface area contributed by atoms with Crippen LogP contribution in [0, 0.1) is 0 Å². The molecule has 1 aromatic carbocycles. The minimum Gasteiger partial charge on any atom is -0.398 e. The molecule has 4 nitrogen and oxygen atoms in total. The summed E-state index contributed by atoms with van der Waals surface area (Å²) in [5, 5.41) is 0.673. The molecule has 19 heavy (non-hydrogen) atoms. The van der Waals surface area contributed by atoms with Crippen LogP contribution in [0.2, 0.25) is 5.02 Å². The van der Waals surface area contributed by atoms with Crippen molar-refractivity contribution >= 4 is 34.8 Å². The molecule has 0 saturated carbocycles. The van der Waals surface area contributed by atoms with Crippen molar-refractivity contribution in [3.05, 3.63) is 53.6 Å². The SMILES string of the molecule is Nc1cccc(Cl)c1SCc1cn2cccnc2n1. The van der Waals surface area contributed by atoms with Gasteiger partial charge in [-0.2, -0.15) is 0 Å². The first-order valence-corrected chi connectivity index (χ1v) is 7.06. The van der Waals surface area contributed by atoms with Crippen molar-refractivity contribution in [2.45, 2.75) is 10.6 Å². The predicted molar refractivity (Wildman–Crippen MR) is 78.4 cm³/mol. The van der Waals surface area contributed by atoms with Gasteiger partial charge >= 0.3 is 0 Å². The van der Waals surface area contributed by atoms with Gasteiger partial charge in [0.25, 0.3) is 0 Å². The quantitative estimate of drug-likeness (QED) is 0.594. The zero-order chi connectivity index (χ0) is 13.2. The summed E-state index contributed by atoms with van der Waals surface area (Å²) in [6.07, 6.45) is 5.61. The molecule has 3 aromatic rings. The summed E-state index contributed by atoms with van der Waals surface area (Å²) in [6, 6.07) is 7.40. The van der Waals surface area contributed by atoms with Crippen molar-refractivity contribution < 1.29 is 0 Å². The first-order valence-electron chi connectivity index (χ1n) is 5.69. The monoisotopic (exact) mass is 290 g/mol. The minimum absolute atomic E-state index is 0.673. The van der Waals surface area contributed by atoms with Crippen LogP contribution in [-0.4, -0.2) is 14.4 Å². The molecule has 6 heteroatoms. The van der Waals surface area contributed by atoms with Crippen molar-refractivity contribution in [3.8, 4) is 0 Å². The molecule has 0 unspecified atom stereocenters. The lowest BCUT2D eigenvalue weighted by atomic mass is 10.3. The average Bonchev–Trinajstić information content (AvgIpc) is 2.81. The van der Waals surface area contributed by atoms with E-state index in [-0.39, 0.29) is 0 Å². The molecule has 0 saturated heterocycles. The number of hydrogen-bond acceptors (Lipinski definition) is 4. The number of nitrogens with zero attached hydrogens (tertiary/aromatic N) is 3.